The molecular weight excluding hydrogens is 250 g/mol. The van der Waals surface area contributed by atoms with E-state index in [9.17, 15) is 10.0 Å². The SMILES string of the molecule is Cn1c(=O)n(CC2(C)CO2)c2cc([NH+]([O-])O)ccc21. The molecule has 0 amide bonds. The molecule has 1 aliphatic rings. The Morgan fingerprint density at radius 3 is 2.79 bits per heavy atom. The van der Waals surface area contributed by atoms with Gasteiger partial charge in [0.25, 0.3) is 0 Å². The molecule has 1 aromatic heterocycles. The highest BCUT2D eigenvalue weighted by atomic mass is 16.8. The molecule has 2 N–H and O–H groups in total. The molecule has 102 valence electrons. The smallest absolute Gasteiger partial charge is 0.328 e. The van der Waals surface area contributed by atoms with Crippen LogP contribution in [0.5, 0.6) is 0 Å². The molecular formula is C12H15N3O4. The second kappa shape index (κ2) is 3.91. The first kappa shape index (κ1) is 12.4. The summed E-state index contributed by atoms with van der Waals surface area (Å²) in [6.07, 6.45) is 0. The van der Waals surface area contributed by atoms with Crippen molar-refractivity contribution in [3.63, 3.8) is 0 Å². The third-order valence-corrected chi connectivity index (χ3v) is 3.52. The first-order valence-electron chi connectivity index (χ1n) is 5.98. The van der Waals surface area contributed by atoms with Crippen molar-refractivity contribution in [3.8, 4) is 0 Å². The number of ether oxygens (including phenoxy) is 1. The van der Waals surface area contributed by atoms with E-state index in [2.05, 4.69) is 0 Å². The quantitative estimate of drug-likeness (QED) is 0.580. The number of hydrogen-bond donors (Lipinski definition) is 2. The number of rotatable bonds is 3. The number of aromatic nitrogens is 2. The summed E-state index contributed by atoms with van der Waals surface area (Å²) in [5.74, 6) is 0. The first-order valence-corrected chi connectivity index (χ1v) is 5.98. The molecule has 0 spiro atoms. The van der Waals surface area contributed by atoms with E-state index in [4.69, 9.17) is 9.94 Å². The molecule has 2 unspecified atom stereocenters. The van der Waals surface area contributed by atoms with Gasteiger partial charge in [0.15, 0.2) is 5.69 Å². The first-order chi connectivity index (χ1) is 8.91. The fourth-order valence-corrected chi connectivity index (χ4v) is 2.25. The maximum atomic E-state index is 12.2. The van der Waals surface area contributed by atoms with Gasteiger partial charge in [-0.05, 0) is 13.0 Å². The van der Waals surface area contributed by atoms with Crippen LogP contribution in [0.1, 0.15) is 6.92 Å². The van der Waals surface area contributed by atoms with E-state index in [1.54, 1.807) is 17.7 Å². The van der Waals surface area contributed by atoms with Crippen molar-refractivity contribution >= 4 is 16.7 Å². The largest absolute Gasteiger partial charge is 0.595 e. The second-order valence-corrected chi connectivity index (χ2v) is 5.17. The zero-order chi connectivity index (χ0) is 13.8. The molecule has 3 rings (SSSR count). The summed E-state index contributed by atoms with van der Waals surface area (Å²) in [6.45, 7) is 2.99. The number of epoxide rings is 1. The number of imidazole rings is 1. The van der Waals surface area contributed by atoms with Crippen LogP contribution >= 0.6 is 0 Å². The van der Waals surface area contributed by atoms with E-state index in [1.807, 2.05) is 6.92 Å². The van der Waals surface area contributed by atoms with Crippen LogP contribution in [0, 0.1) is 5.21 Å². The molecule has 2 aromatic rings. The molecule has 0 aliphatic carbocycles. The zero-order valence-electron chi connectivity index (χ0n) is 10.7. The standard InChI is InChI=1S/C12H15N3O4/c1-12(7-19-12)6-14-10-5-8(15(17)18)3-4-9(10)13(2)11(14)16/h3-5,15,17H,6-7H2,1-2H3. The van der Waals surface area contributed by atoms with Gasteiger partial charge >= 0.3 is 5.69 Å². The van der Waals surface area contributed by atoms with Gasteiger partial charge in [0, 0.05) is 19.2 Å². The minimum absolute atomic E-state index is 0.158. The Hall–Kier alpha value is -1.67. The van der Waals surface area contributed by atoms with Crippen molar-refractivity contribution in [3.05, 3.63) is 33.9 Å². The number of hydrogen-bond acceptors (Lipinski definition) is 4. The second-order valence-electron chi connectivity index (χ2n) is 5.17. The summed E-state index contributed by atoms with van der Waals surface area (Å²) in [5.41, 5.74) is 1.06. The molecule has 0 bridgehead atoms. The predicted octanol–water partition coefficient (Wildman–Crippen LogP) is -0.468. The normalized spacial score (nSPS) is 23.8. The number of benzene rings is 1. The fourth-order valence-electron chi connectivity index (χ4n) is 2.25. The van der Waals surface area contributed by atoms with Gasteiger partial charge in [0.2, 0.25) is 0 Å². The maximum absolute atomic E-state index is 12.2. The number of quaternary nitrogens is 1. The van der Waals surface area contributed by atoms with Gasteiger partial charge < -0.3 is 9.94 Å². The lowest BCUT2D eigenvalue weighted by Crippen LogP contribution is -2.99. The number of nitrogens with one attached hydrogen (secondary N) is 1. The van der Waals surface area contributed by atoms with Crippen molar-refractivity contribution in [2.75, 3.05) is 6.61 Å². The van der Waals surface area contributed by atoms with Crippen LogP contribution in [0.3, 0.4) is 0 Å². The van der Waals surface area contributed by atoms with Crippen LogP contribution < -0.4 is 10.9 Å². The minimum atomic E-state index is -1.00. The third-order valence-electron chi connectivity index (χ3n) is 3.52. The maximum Gasteiger partial charge on any atom is 0.328 e. The van der Waals surface area contributed by atoms with E-state index in [0.29, 0.717) is 18.7 Å². The lowest BCUT2D eigenvalue weighted by atomic mass is 10.2. The molecule has 2 atom stereocenters. The van der Waals surface area contributed by atoms with E-state index < -0.39 is 5.23 Å². The number of aryl methyl sites for hydroxylation is 1. The van der Waals surface area contributed by atoms with Gasteiger partial charge in [-0.15, -0.1) is 0 Å². The van der Waals surface area contributed by atoms with Crippen LogP contribution in [0.15, 0.2) is 23.0 Å². The van der Waals surface area contributed by atoms with Crippen LogP contribution in [-0.4, -0.2) is 26.5 Å². The van der Waals surface area contributed by atoms with Gasteiger partial charge in [0.05, 0.1) is 24.2 Å². The topological polar surface area (TPSA) is 87.2 Å². The lowest BCUT2D eigenvalue weighted by Gasteiger charge is -2.12. The molecule has 0 radical (unpaired) electrons. The molecule has 7 heteroatoms. The van der Waals surface area contributed by atoms with Crippen molar-refractivity contribution in [1.82, 2.24) is 9.13 Å². The highest BCUT2D eigenvalue weighted by molar-refractivity contribution is 5.78. The fraction of sp³-hybridized carbons (Fsp3) is 0.417. The van der Waals surface area contributed by atoms with Crippen molar-refractivity contribution in [2.45, 2.75) is 19.1 Å². The van der Waals surface area contributed by atoms with Crippen molar-refractivity contribution in [1.29, 1.82) is 0 Å². The molecule has 1 saturated heterocycles. The van der Waals surface area contributed by atoms with Crippen molar-refractivity contribution < 1.29 is 15.2 Å². The highest BCUT2D eigenvalue weighted by Crippen LogP contribution is 2.29. The molecule has 0 saturated carbocycles. The summed E-state index contributed by atoms with van der Waals surface area (Å²) in [5, 5.41) is 19.1. The van der Waals surface area contributed by atoms with E-state index in [0.717, 1.165) is 5.52 Å². The lowest BCUT2D eigenvalue weighted by molar-refractivity contribution is -0.991. The average molecular weight is 265 g/mol. The van der Waals surface area contributed by atoms with E-state index >= 15 is 0 Å². The summed E-state index contributed by atoms with van der Waals surface area (Å²) in [4.78, 5) is 12.2. The third kappa shape index (κ3) is 1.96. The average Bonchev–Trinajstić information content (AvgIpc) is 3.06. The zero-order valence-corrected chi connectivity index (χ0v) is 10.7. The summed E-state index contributed by atoms with van der Waals surface area (Å²) < 4.78 is 8.40. The Labute approximate surface area is 108 Å². The Balaban J connectivity index is 2.20. The van der Waals surface area contributed by atoms with Crippen molar-refractivity contribution in [2.24, 2.45) is 7.05 Å². The molecule has 1 fully saturated rings. The van der Waals surface area contributed by atoms with Crippen LogP contribution in [-0.2, 0) is 18.3 Å². The highest BCUT2D eigenvalue weighted by Gasteiger charge is 2.40. The molecule has 7 nitrogen and oxygen atoms in total. The van der Waals surface area contributed by atoms with Gasteiger partial charge in [-0.1, -0.05) is 0 Å². The minimum Gasteiger partial charge on any atom is -0.595 e. The number of fused-ring (bicyclic) bond motifs is 1. The van der Waals surface area contributed by atoms with Gasteiger partial charge in [-0.3, -0.25) is 9.13 Å². The predicted molar refractivity (Wildman–Crippen MR) is 67.3 cm³/mol. The van der Waals surface area contributed by atoms with E-state index in [-0.39, 0.29) is 17.0 Å². The Morgan fingerprint density at radius 2 is 2.21 bits per heavy atom. The Kier molecular flexibility index (Phi) is 2.55. The van der Waals surface area contributed by atoms with Crippen LogP contribution in [0.4, 0.5) is 5.69 Å². The summed E-state index contributed by atoms with van der Waals surface area (Å²) in [7, 11) is 1.68. The monoisotopic (exact) mass is 265 g/mol. The molecule has 2 heterocycles. The Morgan fingerprint density at radius 1 is 1.53 bits per heavy atom. The Bertz CT molecular complexity index is 697. The number of nitrogens with zero attached hydrogens (tertiary/aromatic N) is 2. The summed E-state index contributed by atoms with van der Waals surface area (Å²) in [6, 6.07) is 4.70. The molecule has 19 heavy (non-hydrogen) atoms. The molecule has 1 aromatic carbocycles. The van der Waals surface area contributed by atoms with Crippen LogP contribution in [0.2, 0.25) is 0 Å². The molecule has 1 aliphatic heterocycles. The van der Waals surface area contributed by atoms with E-state index in [1.165, 1.54) is 16.7 Å². The van der Waals surface area contributed by atoms with Gasteiger partial charge in [-0.25, -0.2) is 10.0 Å². The van der Waals surface area contributed by atoms with Gasteiger partial charge in [0.1, 0.15) is 5.60 Å². The van der Waals surface area contributed by atoms with Gasteiger partial charge in [-0.2, -0.15) is 5.23 Å². The summed E-state index contributed by atoms with van der Waals surface area (Å²) >= 11 is 0. The van der Waals surface area contributed by atoms with Crippen LogP contribution in [0.25, 0.3) is 11.0 Å².